The van der Waals surface area contributed by atoms with Crippen molar-refractivity contribution < 1.29 is 8.76 Å². The van der Waals surface area contributed by atoms with Gasteiger partial charge in [0, 0.05) is 29.1 Å². The molecule has 0 aliphatic rings. The first-order chi connectivity index (χ1) is 5.72. The second-order valence-electron chi connectivity index (χ2n) is 1.98. The van der Waals surface area contributed by atoms with Gasteiger partial charge in [-0.25, -0.2) is 0 Å². The molecule has 0 aliphatic carbocycles. The molecule has 1 unspecified atom stereocenters. The predicted molar refractivity (Wildman–Crippen MR) is 43.7 cm³/mol. The first-order valence-electron chi connectivity index (χ1n) is 3.03. The van der Waals surface area contributed by atoms with Crippen molar-refractivity contribution in [3.05, 3.63) is 29.2 Å². The summed E-state index contributed by atoms with van der Waals surface area (Å²) in [6, 6.07) is 5.94. The Balaban J connectivity index is 2.80. The van der Waals surface area contributed by atoms with Gasteiger partial charge in [0.05, 0.1) is 0 Å². The lowest BCUT2D eigenvalue weighted by Gasteiger charge is -2.06. The molecule has 5 nitrogen and oxygen atoms in total. The number of nitrogens with zero attached hydrogens (tertiary/aromatic N) is 2. The van der Waals surface area contributed by atoms with Crippen LogP contribution in [0.3, 0.4) is 0 Å². The molecule has 1 atom stereocenters. The second kappa shape index (κ2) is 3.80. The van der Waals surface area contributed by atoms with E-state index in [2.05, 4.69) is 9.70 Å². The van der Waals surface area contributed by atoms with Crippen LogP contribution in [0.4, 0.5) is 11.4 Å². The highest BCUT2D eigenvalue weighted by Crippen LogP contribution is 2.15. The largest absolute Gasteiger partial charge is 0.755 e. The number of diazo groups is 1. The molecule has 0 saturated carbocycles. The molecule has 0 fully saturated rings. The average Bonchev–Trinajstić information content (AvgIpc) is 2.05. The molecule has 0 spiro atoms. The van der Waals surface area contributed by atoms with E-state index in [4.69, 9.17) is 5.39 Å². The summed E-state index contributed by atoms with van der Waals surface area (Å²) in [7, 11) is 0. The van der Waals surface area contributed by atoms with E-state index in [0.29, 0.717) is 11.4 Å². The summed E-state index contributed by atoms with van der Waals surface area (Å²) >= 11 is -2.32. The Morgan fingerprint density at radius 2 is 2.00 bits per heavy atom. The lowest BCUT2D eigenvalue weighted by molar-refractivity contribution is 0.542. The van der Waals surface area contributed by atoms with Crippen LogP contribution >= 0.6 is 0 Å². The summed E-state index contributed by atoms with van der Waals surface area (Å²) in [6.07, 6.45) is 0. The lowest BCUT2D eigenvalue weighted by atomic mass is 10.3. The summed E-state index contributed by atoms with van der Waals surface area (Å²) in [5.74, 6) is 0. The van der Waals surface area contributed by atoms with Crippen LogP contribution in [0, 0.1) is 5.39 Å². The maximum Gasteiger partial charge on any atom is 0.385 e. The Bertz CT molecular complexity index is 330. The second-order valence-corrected chi connectivity index (χ2v) is 2.66. The van der Waals surface area contributed by atoms with Crippen LogP contribution in [0.2, 0.25) is 0 Å². The molecule has 0 amide bonds. The molecule has 0 aromatic heterocycles. The highest BCUT2D eigenvalue weighted by molar-refractivity contribution is 7.80. The van der Waals surface area contributed by atoms with E-state index in [1.807, 2.05) is 0 Å². The van der Waals surface area contributed by atoms with E-state index in [-0.39, 0.29) is 0 Å². The van der Waals surface area contributed by atoms with Crippen LogP contribution in [0.1, 0.15) is 0 Å². The first kappa shape index (κ1) is 8.64. The van der Waals surface area contributed by atoms with Crippen molar-refractivity contribution in [2.24, 2.45) is 0 Å². The molecular formula is C6H5N3O2S. The minimum Gasteiger partial charge on any atom is -0.755 e. The van der Waals surface area contributed by atoms with Crippen LogP contribution in [-0.2, 0) is 11.3 Å². The molecule has 1 rings (SSSR count). The third kappa shape index (κ3) is 2.30. The van der Waals surface area contributed by atoms with Crippen LogP contribution in [-0.4, -0.2) is 8.76 Å². The van der Waals surface area contributed by atoms with Gasteiger partial charge in [0.2, 0.25) is 5.39 Å². The maximum atomic E-state index is 10.1. The average molecular weight is 183 g/mol. The number of anilines is 1. The van der Waals surface area contributed by atoms with Gasteiger partial charge in [-0.3, -0.25) is 4.21 Å². The number of hydrogen-bond donors (Lipinski definition) is 1. The topological polar surface area (TPSA) is 80.3 Å². The van der Waals surface area contributed by atoms with Crippen molar-refractivity contribution >= 4 is 22.6 Å². The summed E-state index contributed by atoms with van der Waals surface area (Å²) in [6.45, 7) is 0. The van der Waals surface area contributed by atoms with Gasteiger partial charge in [-0.15, -0.1) is 0 Å². The molecule has 0 heterocycles. The molecule has 0 radical (unpaired) electrons. The first-order valence-corrected chi connectivity index (χ1v) is 4.11. The molecule has 62 valence electrons. The molecule has 6 heteroatoms. The Morgan fingerprint density at radius 3 is 2.42 bits per heavy atom. The normalized spacial score (nSPS) is 11.7. The third-order valence-corrected chi connectivity index (χ3v) is 1.59. The van der Waals surface area contributed by atoms with Crippen LogP contribution in [0.25, 0.3) is 4.98 Å². The Hall–Kier alpha value is -1.45. The van der Waals surface area contributed by atoms with Gasteiger partial charge >= 0.3 is 5.69 Å². The number of nitrogens with one attached hydrogen (secondary N) is 1. The quantitative estimate of drug-likeness (QED) is 0.555. The van der Waals surface area contributed by atoms with Crippen molar-refractivity contribution in [2.75, 3.05) is 4.72 Å². The van der Waals surface area contributed by atoms with Gasteiger partial charge in [0.25, 0.3) is 0 Å². The number of benzene rings is 1. The molecule has 1 aromatic carbocycles. The van der Waals surface area contributed by atoms with Gasteiger partial charge in [-0.05, 0) is 12.1 Å². The maximum absolute atomic E-state index is 10.1. The molecule has 0 bridgehead atoms. The van der Waals surface area contributed by atoms with Crippen molar-refractivity contribution in [2.45, 2.75) is 0 Å². The van der Waals surface area contributed by atoms with Crippen molar-refractivity contribution in [1.82, 2.24) is 0 Å². The fourth-order valence-electron chi connectivity index (χ4n) is 0.692. The van der Waals surface area contributed by atoms with E-state index >= 15 is 0 Å². The van der Waals surface area contributed by atoms with E-state index in [9.17, 15) is 8.76 Å². The Morgan fingerprint density at radius 1 is 1.42 bits per heavy atom. The van der Waals surface area contributed by atoms with Crippen molar-refractivity contribution in [3.63, 3.8) is 0 Å². The summed E-state index contributed by atoms with van der Waals surface area (Å²) in [5.41, 5.74) is 0.799. The number of hydrogen-bond acceptors (Lipinski definition) is 3. The van der Waals surface area contributed by atoms with Crippen LogP contribution in [0.5, 0.6) is 0 Å². The third-order valence-electron chi connectivity index (χ3n) is 1.18. The van der Waals surface area contributed by atoms with Crippen LogP contribution in [0.15, 0.2) is 24.3 Å². The number of rotatable bonds is 2. The van der Waals surface area contributed by atoms with Gasteiger partial charge < -0.3 is 9.27 Å². The monoisotopic (exact) mass is 183 g/mol. The van der Waals surface area contributed by atoms with E-state index in [0.717, 1.165) is 0 Å². The zero-order chi connectivity index (χ0) is 8.97. The molecule has 0 saturated heterocycles. The molecular weight excluding hydrogens is 178 g/mol. The zero-order valence-corrected chi connectivity index (χ0v) is 6.75. The highest BCUT2D eigenvalue weighted by Gasteiger charge is 2.01. The molecule has 12 heavy (non-hydrogen) atoms. The van der Waals surface area contributed by atoms with Gasteiger partial charge in [-0.1, -0.05) is 0 Å². The summed E-state index contributed by atoms with van der Waals surface area (Å²) in [4.78, 5) is 2.91. The minimum atomic E-state index is -2.32. The standard InChI is InChI=1S/C6H5N3O2S/c7-8-5-1-3-6(4-2-5)9-12(10)11/h1-4,9H. The van der Waals surface area contributed by atoms with Gasteiger partial charge in [0.15, 0.2) is 4.98 Å². The fraction of sp³-hybridized carbons (Fsp3) is 0. The smallest absolute Gasteiger partial charge is 0.385 e. The Labute approximate surface area is 71.5 Å². The van der Waals surface area contributed by atoms with E-state index in [1.54, 1.807) is 0 Å². The predicted octanol–water partition coefficient (Wildman–Crippen LogP) is 1.38. The molecule has 0 aliphatic heterocycles. The molecule has 1 N–H and O–H groups in total. The van der Waals surface area contributed by atoms with E-state index < -0.39 is 11.3 Å². The fourth-order valence-corrected chi connectivity index (χ4v) is 1.02. The zero-order valence-electron chi connectivity index (χ0n) is 5.93. The van der Waals surface area contributed by atoms with Gasteiger partial charge in [-0.2, -0.15) is 0 Å². The molecule has 1 aromatic rings. The highest BCUT2D eigenvalue weighted by atomic mass is 32.2. The lowest BCUT2D eigenvalue weighted by Crippen LogP contribution is -2.01. The minimum absolute atomic E-state index is 0.372. The van der Waals surface area contributed by atoms with E-state index in [1.165, 1.54) is 24.3 Å². The Kier molecular flexibility index (Phi) is 2.74. The van der Waals surface area contributed by atoms with Crippen molar-refractivity contribution in [1.29, 1.82) is 5.39 Å². The van der Waals surface area contributed by atoms with Crippen molar-refractivity contribution in [3.8, 4) is 0 Å². The summed E-state index contributed by atoms with van der Waals surface area (Å²) in [5, 5.41) is 8.29. The summed E-state index contributed by atoms with van der Waals surface area (Å²) < 4.78 is 22.4. The SMILES string of the molecule is N#[N+]c1ccc(NS(=O)[O-])cc1. The van der Waals surface area contributed by atoms with Crippen LogP contribution < -0.4 is 4.72 Å². The van der Waals surface area contributed by atoms with Gasteiger partial charge in [0.1, 0.15) is 0 Å².